The van der Waals surface area contributed by atoms with E-state index in [0.29, 0.717) is 56.3 Å². The van der Waals surface area contributed by atoms with Crippen LogP contribution in [0.2, 0.25) is 0 Å². The third-order valence-electron chi connectivity index (χ3n) is 5.66. The van der Waals surface area contributed by atoms with Crippen molar-refractivity contribution in [3.63, 3.8) is 0 Å². The fraction of sp³-hybridized carbons (Fsp3) is 0.524. The maximum Gasteiger partial charge on any atom is 0.225 e. The second-order valence-electron chi connectivity index (χ2n) is 7.83. The van der Waals surface area contributed by atoms with Gasteiger partial charge in [-0.2, -0.15) is 5.10 Å². The number of carbonyl (C=O) groups is 2. The van der Waals surface area contributed by atoms with Gasteiger partial charge in [0.1, 0.15) is 5.75 Å². The molecule has 0 atom stereocenters. The lowest BCUT2D eigenvalue weighted by Crippen LogP contribution is -2.43. The summed E-state index contributed by atoms with van der Waals surface area (Å²) in [6, 6.07) is 9.90. The highest BCUT2D eigenvalue weighted by Crippen LogP contribution is 2.35. The van der Waals surface area contributed by atoms with Crippen LogP contribution in [0, 0.1) is 10.7 Å². The number of ether oxygens (including phenoxy) is 1. The van der Waals surface area contributed by atoms with E-state index in [4.69, 9.17) is 17.0 Å². The van der Waals surface area contributed by atoms with Gasteiger partial charge in [-0.3, -0.25) is 19.3 Å². The van der Waals surface area contributed by atoms with Crippen molar-refractivity contribution in [1.82, 2.24) is 25.0 Å². The summed E-state index contributed by atoms with van der Waals surface area (Å²) in [6.07, 6.45) is 3.91. The zero-order chi connectivity index (χ0) is 20.9. The molecule has 0 unspecified atom stereocenters. The Hall–Kier alpha value is -2.68. The van der Waals surface area contributed by atoms with Gasteiger partial charge in [-0.05, 0) is 50.0 Å². The van der Waals surface area contributed by atoms with Crippen LogP contribution in [0.25, 0.3) is 0 Å². The smallest absolute Gasteiger partial charge is 0.225 e. The molecule has 2 amide bonds. The maximum absolute atomic E-state index is 12.6. The first-order valence-corrected chi connectivity index (χ1v) is 10.9. The molecular formula is C21H27N5O3S. The van der Waals surface area contributed by atoms with E-state index < -0.39 is 0 Å². The van der Waals surface area contributed by atoms with E-state index >= 15 is 0 Å². The Morgan fingerprint density at radius 2 is 1.90 bits per heavy atom. The molecule has 1 aliphatic carbocycles. The van der Waals surface area contributed by atoms with Crippen molar-refractivity contribution in [2.45, 2.75) is 44.7 Å². The van der Waals surface area contributed by atoms with Crippen LogP contribution in [-0.2, 0) is 16.1 Å². The van der Waals surface area contributed by atoms with Crippen LogP contribution in [0.1, 0.15) is 44.0 Å². The molecule has 2 heterocycles. The number of hydrogen-bond donors (Lipinski definition) is 2. The largest absolute Gasteiger partial charge is 0.493 e. The van der Waals surface area contributed by atoms with Gasteiger partial charge in [-0.25, -0.2) is 0 Å². The molecule has 2 N–H and O–H groups in total. The zero-order valence-corrected chi connectivity index (χ0v) is 17.7. The number of nitrogens with one attached hydrogen (secondary N) is 2. The van der Waals surface area contributed by atoms with Crippen LogP contribution < -0.4 is 10.1 Å². The van der Waals surface area contributed by atoms with E-state index in [0.717, 1.165) is 24.4 Å². The summed E-state index contributed by atoms with van der Waals surface area (Å²) in [5.74, 6) is 1.56. The van der Waals surface area contributed by atoms with Crippen molar-refractivity contribution in [3.05, 3.63) is 40.9 Å². The molecule has 160 valence electrons. The van der Waals surface area contributed by atoms with Crippen molar-refractivity contribution in [2.24, 2.45) is 5.92 Å². The van der Waals surface area contributed by atoms with Crippen molar-refractivity contribution in [2.75, 3.05) is 19.7 Å². The highest BCUT2D eigenvalue weighted by atomic mass is 32.1. The van der Waals surface area contributed by atoms with E-state index in [1.54, 1.807) is 0 Å². The number of hydrogen-bond acceptors (Lipinski definition) is 5. The number of nitrogens with zero attached hydrogens (tertiary/aromatic N) is 3. The molecule has 2 fully saturated rings. The van der Waals surface area contributed by atoms with Gasteiger partial charge in [0.2, 0.25) is 11.8 Å². The lowest BCUT2D eigenvalue weighted by atomic mass is 9.95. The van der Waals surface area contributed by atoms with E-state index in [1.165, 1.54) is 0 Å². The minimum absolute atomic E-state index is 0.0192. The number of para-hydroxylation sites is 1. The van der Waals surface area contributed by atoms with Gasteiger partial charge in [-0.15, -0.1) is 0 Å². The normalized spacial score (nSPS) is 17.0. The Morgan fingerprint density at radius 3 is 2.60 bits per heavy atom. The van der Waals surface area contributed by atoms with Crippen molar-refractivity contribution >= 4 is 24.0 Å². The van der Waals surface area contributed by atoms with Gasteiger partial charge in [0.25, 0.3) is 0 Å². The number of amides is 2. The fourth-order valence-corrected chi connectivity index (χ4v) is 4.10. The Bertz CT molecular complexity index is 930. The first-order chi connectivity index (χ1) is 14.6. The lowest BCUT2D eigenvalue weighted by molar-refractivity contribution is -0.136. The molecule has 0 radical (unpaired) electrons. The van der Waals surface area contributed by atoms with Crippen LogP contribution >= 0.6 is 12.2 Å². The minimum Gasteiger partial charge on any atom is -0.493 e. The summed E-state index contributed by atoms with van der Waals surface area (Å²) in [5.41, 5.74) is 0. The van der Waals surface area contributed by atoms with E-state index in [-0.39, 0.29) is 17.7 Å². The Labute approximate surface area is 180 Å². The number of likely N-dealkylation sites (tertiary alicyclic amines) is 1. The van der Waals surface area contributed by atoms with Gasteiger partial charge >= 0.3 is 0 Å². The summed E-state index contributed by atoms with van der Waals surface area (Å²) in [4.78, 5) is 26.8. The molecule has 0 bridgehead atoms. The molecule has 1 aliphatic heterocycles. The lowest BCUT2D eigenvalue weighted by Gasteiger charge is -2.31. The molecule has 2 aromatic rings. The summed E-state index contributed by atoms with van der Waals surface area (Å²) < 4.78 is 8.23. The Morgan fingerprint density at radius 1 is 1.17 bits per heavy atom. The minimum atomic E-state index is -0.0779. The zero-order valence-electron chi connectivity index (χ0n) is 16.9. The Balaban J connectivity index is 1.18. The topological polar surface area (TPSA) is 92.3 Å². The molecule has 8 nitrogen and oxygen atoms in total. The first-order valence-electron chi connectivity index (χ1n) is 10.5. The summed E-state index contributed by atoms with van der Waals surface area (Å²) >= 11 is 5.28. The number of rotatable bonds is 8. The second kappa shape index (κ2) is 9.42. The van der Waals surface area contributed by atoms with Gasteiger partial charge in [0.15, 0.2) is 10.6 Å². The maximum atomic E-state index is 12.6. The molecule has 1 aromatic heterocycles. The Kier molecular flexibility index (Phi) is 6.47. The summed E-state index contributed by atoms with van der Waals surface area (Å²) in [5, 5.41) is 10.1. The highest BCUT2D eigenvalue weighted by molar-refractivity contribution is 7.71. The SMILES string of the molecule is O=C(NCc1n[nH]c(=S)n1C1CC1)C1CCN(C(=O)CCOc2ccccc2)CC1. The van der Waals surface area contributed by atoms with Gasteiger partial charge in [0, 0.05) is 25.0 Å². The number of aromatic amines is 1. The molecule has 1 saturated heterocycles. The third-order valence-corrected chi connectivity index (χ3v) is 5.94. The average Bonchev–Trinajstić information content (AvgIpc) is 3.54. The summed E-state index contributed by atoms with van der Waals surface area (Å²) in [7, 11) is 0. The van der Waals surface area contributed by atoms with E-state index in [2.05, 4.69) is 15.5 Å². The predicted molar refractivity (Wildman–Crippen MR) is 113 cm³/mol. The van der Waals surface area contributed by atoms with Crippen LogP contribution in [0.5, 0.6) is 5.75 Å². The average molecular weight is 430 g/mol. The molecule has 0 spiro atoms. The highest BCUT2D eigenvalue weighted by Gasteiger charge is 2.29. The molecule has 1 aromatic carbocycles. The van der Waals surface area contributed by atoms with Crippen LogP contribution in [0.3, 0.4) is 0 Å². The van der Waals surface area contributed by atoms with Crippen molar-refractivity contribution in [3.8, 4) is 5.75 Å². The third kappa shape index (κ3) is 5.08. The van der Waals surface area contributed by atoms with Crippen molar-refractivity contribution in [1.29, 1.82) is 0 Å². The standard InChI is InChI=1S/C21H27N5O3S/c27-19(10-13-29-17-4-2-1-3-5-17)25-11-8-15(9-12-25)20(28)22-14-18-23-24-21(30)26(18)16-6-7-16/h1-5,15-16H,6-14H2,(H,22,28)(H,24,30). The summed E-state index contributed by atoms with van der Waals surface area (Å²) in [6.45, 7) is 1.93. The van der Waals surface area contributed by atoms with Gasteiger partial charge in [-0.1, -0.05) is 18.2 Å². The monoisotopic (exact) mass is 429 g/mol. The number of H-pyrrole nitrogens is 1. The molecular weight excluding hydrogens is 402 g/mol. The number of aromatic nitrogens is 3. The fourth-order valence-electron chi connectivity index (χ4n) is 3.80. The second-order valence-corrected chi connectivity index (χ2v) is 8.22. The van der Waals surface area contributed by atoms with Crippen molar-refractivity contribution < 1.29 is 14.3 Å². The predicted octanol–water partition coefficient (Wildman–Crippen LogP) is 2.60. The molecule has 30 heavy (non-hydrogen) atoms. The van der Waals surface area contributed by atoms with E-state index in [1.807, 2.05) is 39.8 Å². The molecule has 2 aliphatic rings. The number of carbonyl (C=O) groups excluding carboxylic acids is 2. The first kappa shape index (κ1) is 20.6. The molecule has 1 saturated carbocycles. The van der Waals surface area contributed by atoms with Gasteiger partial charge in [0.05, 0.1) is 19.6 Å². The number of benzene rings is 1. The van der Waals surface area contributed by atoms with Gasteiger partial charge < -0.3 is 15.0 Å². The molecule has 4 rings (SSSR count). The molecule has 9 heteroatoms. The van der Waals surface area contributed by atoms with Crippen LogP contribution in [-0.4, -0.2) is 51.2 Å². The van der Waals surface area contributed by atoms with E-state index in [9.17, 15) is 9.59 Å². The quantitative estimate of drug-likeness (QED) is 0.630. The van der Waals surface area contributed by atoms with Crippen LogP contribution in [0.4, 0.5) is 0 Å². The van der Waals surface area contributed by atoms with Crippen LogP contribution in [0.15, 0.2) is 30.3 Å². The number of piperidine rings is 1.